The van der Waals surface area contributed by atoms with Gasteiger partial charge in [0.1, 0.15) is 0 Å². The monoisotopic (exact) mass is 320 g/mol. The summed E-state index contributed by atoms with van der Waals surface area (Å²) >= 11 is 0. The van der Waals surface area contributed by atoms with Crippen molar-refractivity contribution in [2.75, 3.05) is 13.1 Å². The summed E-state index contributed by atoms with van der Waals surface area (Å²) in [5.74, 6) is -0.0391. The van der Waals surface area contributed by atoms with E-state index < -0.39 is 0 Å². The average molecular weight is 320 g/mol. The number of fused-ring (bicyclic) bond motifs is 1. The molecule has 0 aliphatic carbocycles. The van der Waals surface area contributed by atoms with Crippen LogP contribution in [0.5, 0.6) is 0 Å². The van der Waals surface area contributed by atoms with Crippen LogP contribution in [-0.4, -0.2) is 39.6 Å². The number of nitrogens with zero attached hydrogens (tertiary/aromatic N) is 3. The third kappa shape index (κ3) is 3.03. The first-order chi connectivity index (χ1) is 11.8. The molecule has 0 unspecified atom stereocenters. The predicted molar refractivity (Wildman–Crippen MR) is 92.8 cm³/mol. The molecule has 1 aromatic carbocycles. The third-order valence-corrected chi connectivity index (χ3v) is 4.53. The summed E-state index contributed by atoms with van der Waals surface area (Å²) in [6.45, 7) is 2.83. The second-order valence-electron chi connectivity index (χ2n) is 6.27. The fourth-order valence-electron chi connectivity index (χ4n) is 3.31. The smallest absolute Gasteiger partial charge is 0.255 e. The van der Waals surface area contributed by atoms with Crippen molar-refractivity contribution in [1.82, 2.24) is 19.8 Å². The van der Waals surface area contributed by atoms with Crippen molar-refractivity contribution in [3.8, 4) is 0 Å². The van der Waals surface area contributed by atoms with Gasteiger partial charge in [0.2, 0.25) is 0 Å². The average Bonchev–Trinajstić information content (AvgIpc) is 3.22. The Balaban J connectivity index is 1.38. The molecule has 0 spiro atoms. The maximum absolute atomic E-state index is 12.6. The second-order valence-corrected chi connectivity index (χ2v) is 6.27. The predicted octanol–water partition coefficient (Wildman–Crippen LogP) is 2.34. The van der Waals surface area contributed by atoms with Gasteiger partial charge in [-0.15, -0.1) is 0 Å². The molecule has 4 rings (SSSR count). The van der Waals surface area contributed by atoms with E-state index in [0.29, 0.717) is 5.56 Å². The summed E-state index contributed by atoms with van der Waals surface area (Å²) in [6.07, 6.45) is 4.47. The number of nitrogens with one attached hydrogen (secondary N) is 1. The molecule has 122 valence electrons. The van der Waals surface area contributed by atoms with Gasteiger partial charge in [-0.3, -0.25) is 9.69 Å². The molecule has 5 heteroatoms. The molecule has 1 fully saturated rings. The van der Waals surface area contributed by atoms with Crippen molar-refractivity contribution >= 4 is 11.4 Å². The molecular formula is C19H20N4O. The Morgan fingerprint density at radius 1 is 1.17 bits per heavy atom. The van der Waals surface area contributed by atoms with Crippen molar-refractivity contribution in [3.05, 3.63) is 72.1 Å². The number of likely N-dealkylation sites (tertiary alicyclic amines) is 1. The van der Waals surface area contributed by atoms with Crippen LogP contribution >= 0.6 is 0 Å². The molecule has 3 heterocycles. The van der Waals surface area contributed by atoms with Crippen molar-refractivity contribution in [2.24, 2.45) is 0 Å². The zero-order valence-electron chi connectivity index (χ0n) is 13.4. The highest BCUT2D eigenvalue weighted by atomic mass is 16.1. The van der Waals surface area contributed by atoms with Crippen molar-refractivity contribution in [1.29, 1.82) is 0 Å². The normalized spacial score (nSPS) is 18.1. The van der Waals surface area contributed by atoms with Crippen LogP contribution in [0.2, 0.25) is 0 Å². The Labute approximate surface area is 140 Å². The molecule has 24 heavy (non-hydrogen) atoms. The Morgan fingerprint density at radius 3 is 2.88 bits per heavy atom. The number of rotatable bonds is 4. The van der Waals surface area contributed by atoms with Crippen molar-refractivity contribution in [2.45, 2.75) is 19.0 Å². The van der Waals surface area contributed by atoms with Gasteiger partial charge in [0.15, 0.2) is 0 Å². The Hall–Kier alpha value is -2.66. The van der Waals surface area contributed by atoms with Crippen LogP contribution in [0.1, 0.15) is 22.3 Å². The first-order valence-corrected chi connectivity index (χ1v) is 8.29. The van der Waals surface area contributed by atoms with Gasteiger partial charge in [-0.05, 0) is 24.1 Å². The maximum Gasteiger partial charge on any atom is 0.255 e. The minimum Gasteiger partial charge on any atom is -0.348 e. The molecule has 1 amide bonds. The Bertz CT molecular complexity index is 843. The zero-order valence-corrected chi connectivity index (χ0v) is 13.4. The van der Waals surface area contributed by atoms with Crippen LogP contribution in [0.25, 0.3) is 5.52 Å². The summed E-state index contributed by atoms with van der Waals surface area (Å²) < 4.78 is 1.73. The number of hydrogen-bond acceptors (Lipinski definition) is 3. The van der Waals surface area contributed by atoms with E-state index in [2.05, 4.69) is 39.6 Å². The Kier molecular flexibility index (Phi) is 4.01. The minimum atomic E-state index is -0.0391. The molecule has 1 aliphatic heterocycles. The van der Waals surface area contributed by atoms with Crippen molar-refractivity contribution < 1.29 is 4.79 Å². The van der Waals surface area contributed by atoms with Gasteiger partial charge >= 0.3 is 0 Å². The zero-order chi connectivity index (χ0) is 16.4. The van der Waals surface area contributed by atoms with Crippen LogP contribution in [0, 0.1) is 0 Å². The molecule has 2 aromatic heterocycles. The van der Waals surface area contributed by atoms with Crippen LogP contribution in [0.4, 0.5) is 0 Å². The highest BCUT2D eigenvalue weighted by molar-refractivity contribution is 6.00. The summed E-state index contributed by atoms with van der Waals surface area (Å²) in [7, 11) is 0. The van der Waals surface area contributed by atoms with Gasteiger partial charge in [0.25, 0.3) is 5.91 Å². The van der Waals surface area contributed by atoms with E-state index in [-0.39, 0.29) is 11.9 Å². The third-order valence-electron chi connectivity index (χ3n) is 4.53. The number of hydrogen-bond donors (Lipinski definition) is 1. The molecule has 1 saturated heterocycles. The molecule has 1 aliphatic rings. The summed E-state index contributed by atoms with van der Waals surface area (Å²) in [5, 5.41) is 7.39. The van der Waals surface area contributed by atoms with E-state index in [1.807, 2.05) is 30.5 Å². The number of benzene rings is 1. The van der Waals surface area contributed by atoms with Gasteiger partial charge in [0.05, 0.1) is 17.3 Å². The summed E-state index contributed by atoms with van der Waals surface area (Å²) in [5.41, 5.74) is 2.79. The lowest BCUT2D eigenvalue weighted by Gasteiger charge is -2.16. The first-order valence-electron chi connectivity index (χ1n) is 8.29. The largest absolute Gasteiger partial charge is 0.348 e. The fourth-order valence-corrected chi connectivity index (χ4v) is 3.31. The first kappa shape index (κ1) is 14.9. The molecule has 1 atom stereocenters. The number of pyridine rings is 1. The highest BCUT2D eigenvalue weighted by Gasteiger charge is 2.25. The standard InChI is InChI=1S/C19H20N4O/c24-19(17-12-20-23-10-5-4-8-18(17)23)21-16-9-11-22(14-16)13-15-6-2-1-3-7-15/h1-8,10,12,16H,9,11,13-14H2,(H,21,24)/t16-/m1/s1. The number of amides is 1. The van der Waals surface area contributed by atoms with Gasteiger partial charge in [0, 0.05) is 31.9 Å². The topological polar surface area (TPSA) is 49.6 Å². The molecular weight excluding hydrogens is 300 g/mol. The fraction of sp³-hybridized carbons (Fsp3) is 0.263. The summed E-state index contributed by atoms with van der Waals surface area (Å²) in [4.78, 5) is 14.9. The van der Waals surface area contributed by atoms with Crippen LogP contribution in [0.3, 0.4) is 0 Å². The lowest BCUT2D eigenvalue weighted by atomic mass is 10.2. The SMILES string of the molecule is O=C(N[C@@H]1CCN(Cc2ccccc2)C1)c1cnn2ccccc12. The van der Waals surface area contributed by atoms with Gasteiger partial charge in [-0.25, -0.2) is 4.52 Å². The van der Waals surface area contributed by atoms with E-state index in [0.717, 1.165) is 31.6 Å². The Morgan fingerprint density at radius 2 is 2.00 bits per heavy atom. The van der Waals surface area contributed by atoms with Crippen LogP contribution in [-0.2, 0) is 6.54 Å². The lowest BCUT2D eigenvalue weighted by molar-refractivity contribution is 0.0939. The number of carbonyl (C=O) groups is 1. The van der Waals surface area contributed by atoms with E-state index >= 15 is 0 Å². The van der Waals surface area contributed by atoms with E-state index in [1.165, 1.54) is 5.56 Å². The minimum absolute atomic E-state index is 0.0391. The van der Waals surface area contributed by atoms with Crippen LogP contribution < -0.4 is 5.32 Å². The maximum atomic E-state index is 12.6. The molecule has 0 saturated carbocycles. The van der Waals surface area contributed by atoms with E-state index in [4.69, 9.17) is 0 Å². The lowest BCUT2D eigenvalue weighted by Crippen LogP contribution is -2.36. The quantitative estimate of drug-likeness (QED) is 0.803. The molecule has 1 N–H and O–H groups in total. The molecule has 0 radical (unpaired) electrons. The molecule has 0 bridgehead atoms. The van der Waals surface area contributed by atoms with Gasteiger partial charge in [-0.2, -0.15) is 5.10 Å². The van der Waals surface area contributed by atoms with Crippen molar-refractivity contribution in [3.63, 3.8) is 0 Å². The summed E-state index contributed by atoms with van der Waals surface area (Å²) in [6, 6.07) is 16.4. The number of carbonyl (C=O) groups excluding carboxylic acids is 1. The van der Waals surface area contributed by atoms with E-state index in [9.17, 15) is 4.79 Å². The highest BCUT2D eigenvalue weighted by Crippen LogP contribution is 2.15. The van der Waals surface area contributed by atoms with Gasteiger partial charge < -0.3 is 5.32 Å². The molecule has 3 aromatic rings. The number of aromatic nitrogens is 2. The van der Waals surface area contributed by atoms with E-state index in [1.54, 1.807) is 10.7 Å². The van der Waals surface area contributed by atoms with Crippen LogP contribution in [0.15, 0.2) is 60.9 Å². The molecule has 5 nitrogen and oxygen atoms in total. The second kappa shape index (κ2) is 6.45. The van der Waals surface area contributed by atoms with Gasteiger partial charge in [-0.1, -0.05) is 36.4 Å².